The van der Waals surface area contributed by atoms with E-state index in [1.165, 1.54) is 0 Å². The molecular formula is C15H17NO3. The number of hydrogen-bond acceptors (Lipinski definition) is 4. The van der Waals surface area contributed by atoms with Gasteiger partial charge in [0.25, 0.3) is 0 Å². The third-order valence-corrected chi connectivity index (χ3v) is 3.01. The van der Waals surface area contributed by atoms with Crippen LogP contribution in [0, 0.1) is 0 Å². The molecule has 4 nitrogen and oxygen atoms in total. The van der Waals surface area contributed by atoms with Crippen LogP contribution in [0.1, 0.15) is 18.5 Å². The van der Waals surface area contributed by atoms with E-state index in [1.807, 2.05) is 36.4 Å². The lowest BCUT2D eigenvalue weighted by Gasteiger charge is -2.15. The minimum Gasteiger partial charge on any atom is -0.496 e. The molecule has 100 valence electrons. The number of carbonyl (C=O) groups excluding carboxylic acids is 1. The van der Waals surface area contributed by atoms with Crippen molar-refractivity contribution in [1.82, 2.24) is 0 Å². The molecule has 0 aliphatic heterocycles. The first kappa shape index (κ1) is 13.4. The van der Waals surface area contributed by atoms with Gasteiger partial charge in [0, 0.05) is 5.39 Å². The maximum absolute atomic E-state index is 11.8. The van der Waals surface area contributed by atoms with E-state index in [-0.39, 0.29) is 0 Å². The molecular weight excluding hydrogens is 242 g/mol. The van der Waals surface area contributed by atoms with Gasteiger partial charge in [0.05, 0.1) is 13.7 Å². The van der Waals surface area contributed by atoms with E-state index in [0.717, 1.165) is 22.1 Å². The molecule has 0 spiro atoms. The number of carbonyl (C=O) groups is 1. The summed E-state index contributed by atoms with van der Waals surface area (Å²) in [6, 6.07) is 10.5. The molecule has 0 bridgehead atoms. The molecule has 0 amide bonds. The molecule has 2 N–H and O–H groups in total. The predicted molar refractivity (Wildman–Crippen MR) is 74.1 cm³/mol. The average Bonchev–Trinajstić information content (AvgIpc) is 2.45. The first-order valence-electron chi connectivity index (χ1n) is 6.17. The molecule has 2 aromatic carbocycles. The summed E-state index contributed by atoms with van der Waals surface area (Å²) in [5.41, 5.74) is 6.71. The Hall–Kier alpha value is -2.07. The molecule has 0 aliphatic rings. The molecule has 1 unspecified atom stereocenters. The summed E-state index contributed by atoms with van der Waals surface area (Å²) < 4.78 is 10.3. The summed E-state index contributed by atoms with van der Waals surface area (Å²) >= 11 is 0. The van der Waals surface area contributed by atoms with Crippen molar-refractivity contribution in [1.29, 1.82) is 0 Å². The van der Waals surface area contributed by atoms with Gasteiger partial charge in [-0.1, -0.05) is 30.3 Å². The second-order valence-electron chi connectivity index (χ2n) is 4.13. The van der Waals surface area contributed by atoms with Crippen LogP contribution in [0.5, 0.6) is 5.75 Å². The van der Waals surface area contributed by atoms with Crippen molar-refractivity contribution in [2.75, 3.05) is 13.7 Å². The summed E-state index contributed by atoms with van der Waals surface area (Å²) in [4.78, 5) is 11.8. The Morgan fingerprint density at radius 2 is 1.89 bits per heavy atom. The van der Waals surface area contributed by atoms with Gasteiger partial charge >= 0.3 is 5.97 Å². The third-order valence-electron chi connectivity index (χ3n) is 3.01. The van der Waals surface area contributed by atoms with Gasteiger partial charge in [-0.3, -0.25) is 0 Å². The van der Waals surface area contributed by atoms with Crippen LogP contribution in [-0.2, 0) is 9.53 Å². The Bertz CT molecular complexity index is 595. The standard InChI is InChI=1S/C15H17NO3/c1-3-19-15(17)14(16)12-8-9-13(18-2)11-7-5-4-6-10(11)12/h4-9,14H,3,16H2,1-2H3. The zero-order chi connectivity index (χ0) is 13.8. The fraction of sp³-hybridized carbons (Fsp3) is 0.267. The number of nitrogens with two attached hydrogens (primary N) is 1. The van der Waals surface area contributed by atoms with E-state index in [0.29, 0.717) is 6.61 Å². The average molecular weight is 259 g/mol. The molecule has 0 heterocycles. The van der Waals surface area contributed by atoms with Crippen molar-refractivity contribution in [3.05, 3.63) is 42.0 Å². The number of hydrogen-bond donors (Lipinski definition) is 1. The maximum atomic E-state index is 11.8. The monoisotopic (exact) mass is 259 g/mol. The Labute approximate surface area is 112 Å². The number of esters is 1. The van der Waals surface area contributed by atoms with Gasteiger partial charge in [0.1, 0.15) is 11.8 Å². The lowest BCUT2D eigenvalue weighted by molar-refractivity contribution is -0.144. The molecule has 4 heteroatoms. The van der Waals surface area contributed by atoms with Crippen molar-refractivity contribution in [2.45, 2.75) is 13.0 Å². The fourth-order valence-corrected chi connectivity index (χ4v) is 2.10. The van der Waals surface area contributed by atoms with Crippen molar-refractivity contribution in [3.8, 4) is 5.75 Å². The molecule has 2 rings (SSSR count). The number of ether oxygens (including phenoxy) is 2. The summed E-state index contributed by atoms with van der Waals surface area (Å²) in [6.07, 6.45) is 0. The van der Waals surface area contributed by atoms with Gasteiger partial charge in [-0.05, 0) is 23.9 Å². The highest BCUT2D eigenvalue weighted by atomic mass is 16.5. The number of methoxy groups -OCH3 is 1. The highest BCUT2D eigenvalue weighted by Gasteiger charge is 2.20. The molecule has 0 saturated carbocycles. The first-order valence-corrected chi connectivity index (χ1v) is 6.17. The van der Waals surface area contributed by atoms with E-state index < -0.39 is 12.0 Å². The van der Waals surface area contributed by atoms with Crippen LogP contribution >= 0.6 is 0 Å². The third kappa shape index (κ3) is 2.53. The van der Waals surface area contributed by atoms with Crippen molar-refractivity contribution < 1.29 is 14.3 Å². The minimum atomic E-state index is -0.782. The minimum absolute atomic E-state index is 0.320. The molecule has 0 fully saturated rings. The van der Waals surface area contributed by atoms with Crippen LogP contribution in [0.4, 0.5) is 0 Å². The van der Waals surface area contributed by atoms with Crippen molar-refractivity contribution >= 4 is 16.7 Å². The largest absolute Gasteiger partial charge is 0.496 e. The SMILES string of the molecule is CCOC(=O)C(N)c1ccc(OC)c2ccccc12. The Morgan fingerprint density at radius 3 is 2.53 bits per heavy atom. The lowest BCUT2D eigenvalue weighted by atomic mass is 9.98. The summed E-state index contributed by atoms with van der Waals surface area (Å²) in [5, 5.41) is 1.84. The predicted octanol–water partition coefficient (Wildman–Crippen LogP) is 2.41. The zero-order valence-corrected chi connectivity index (χ0v) is 11.1. The molecule has 0 aliphatic carbocycles. The number of fused-ring (bicyclic) bond motifs is 1. The van der Waals surface area contributed by atoms with Crippen LogP contribution < -0.4 is 10.5 Å². The second-order valence-corrected chi connectivity index (χ2v) is 4.13. The zero-order valence-electron chi connectivity index (χ0n) is 11.1. The van der Waals surface area contributed by atoms with Gasteiger partial charge < -0.3 is 15.2 Å². The Morgan fingerprint density at radius 1 is 1.21 bits per heavy atom. The molecule has 2 aromatic rings. The lowest BCUT2D eigenvalue weighted by Crippen LogP contribution is -2.24. The quantitative estimate of drug-likeness (QED) is 0.856. The fourth-order valence-electron chi connectivity index (χ4n) is 2.10. The molecule has 19 heavy (non-hydrogen) atoms. The summed E-state index contributed by atoms with van der Waals surface area (Å²) in [7, 11) is 1.62. The van der Waals surface area contributed by atoms with Gasteiger partial charge in [-0.2, -0.15) is 0 Å². The van der Waals surface area contributed by atoms with Gasteiger partial charge in [0.15, 0.2) is 0 Å². The Balaban J connectivity index is 2.53. The van der Waals surface area contributed by atoms with Crippen LogP contribution in [0.15, 0.2) is 36.4 Å². The van der Waals surface area contributed by atoms with E-state index in [4.69, 9.17) is 15.2 Å². The van der Waals surface area contributed by atoms with E-state index in [1.54, 1.807) is 14.0 Å². The smallest absolute Gasteiger partial charge is 0.327 e. The van der Waals surface area contributed by atoms with Crippen LogP contribution in [0.25, 0.3) is 10.8 Å². The van der Waals surface area contributed by atoms with Gasteiger partial charge in [-0.25, -0.2) is 4.79 Å². The maximum Gasteiger partial charge on any atom is 0.327 e. The van der Waals surface area contributed by atoms with Crippen LogP contribution in [0.3, 0.4) is 0 Å². The van der Waals surface area contributed by atoms with E-state index in [2.05, 4.69) is 0 Å². The van der Waals surface area contributed by atoms with Crippen molar-refractivity contribution in [2.24, 2.45) is 5.73 Å². The number of rotatable bonds is 4. The van der Waals surface area contributed by atoms with E-state index >= 15 is 0 Å². The highest BCUT2D eigenvalue weighted by molar-refractivity contribution is 5.94. The van der Waals surface area contributed by atoms with Crippen LogP contribution in [0.2, 0.25) is 0 Å². The topological polar surface area (TPSA) is 61.5 Å². The second kappa shape index (κ2) is 5.71. The van der Waals surface area contributed by atoms with Gasteiger partial charge in [0.2, 0.25) is 0 Å². The number of benzene rings is 2. The summed E-state index contributed by atoms with van der Waals surface area (Å²) in [6.45, 7) is 2.08. The normalized spacial score (nSPS) is 12.2. The van der Waals surface area contributed by atoms with Gasteiger partial charge in [-0.15, -0.1) is 0 Å². The summed E-state index contributed by atoms with van der Waals surface area (Å²) in [5.74, 6) is 0.341. The molecule has 0 radical (unpaired) electrons. The van der Waals surface area contributed by atoms with Crippen molar-refractivity contribution in [3.63, 3.8) is 0 Å². The highest BCUT2D eigenvalue weighted by Crippen LogP contribution is 2.31. The molecule has 0 aromatic heterocycles. The van der Waals surface area contributed by atoms with E-state index in [9.17, 15) is 4.79 Å². The first-order chi connectivity index (χ1) is 9.19. The van der Waals surface area contributed by atoms with Crippen LogP contribution in [-0.4, -0.2) is 19.7 Å². The molecule has 1 atom stereocenters. The Kier molecular flexibility index (Phi) is 4.02. The molecule has 0 saturated heterocycles.